The Morgan fingerprint density at radius 3 is 2.30 bits per heavy atom. The van der Waals surface area contributed by atoms with Gasteiger partial charge in [-0.15, -0.1) is 0 Å². The fourth-order valence-electron chi connectivity index (χ4n) is 1.75. The molecule has 1 aromatic carbocycles. The number of carbonyl (C=O) groups is 1. The van der Waals surface area contributed by atoms with Crippen LogP contribution in [0.1, 0.15) is 0 Å². The molecule has 0 fully saturated rings. The van der Waals surface area contributed by atoms with Crippen molar-refractivity contribution in [2.75, 3.05) is 24.3 Å². The minimum Gasteiger partial charge on any atom is -0.377 e. The molecule has 20 heavy (non-hydrogen) atoms. The van der Waals surface area contributed by atoms with Crippen molar-refractivity contribution in [1.82, 2.24) is 0 Å². The van der Waals surface area contributed by atoms with E-state index in [1.165, 1.54) is 0 Å². The smallest absolute Gasteiger partial charge is 0.290 e. The lowest BCUT2D eigenvalue weighted by Gasteiger charge is -2.10. The molecule has 0 unspecified atom stereocenters. The number of hydrogen-bond acceptors (Lipinski definition) is 2. The molecule has 5 heteroatoms. The van der Waals surface area contributed by atoms with Crippen molar-refractivity contribution >= 4 is 39.9 Å². The van der Waals surface area contributed by atoms with Crippen LogP contribution in [0.15, 0.2) is 48.8 Å². The third-order valence-corrected chi connectivity index (χ3v) is 3.56. The molecule has 2 rings (SSSR count). The first-order valence-corrected chi connectivity index (χ1v) is 7.34. The fraction of sp³-hybridized carbons (Fsp3) is 0.200. The second-order valence-corrected chi connectivity index (χ2v) is 5.92. The van der Waals surface area contributed by atoms with Crippen molar-refractivity contribution in [1.29, 1.82) is 0 Å². The van der Waals surface area contributed by atoms with Crippen LogP contribution in [-0.4, -0.2) is 20.0 Å². The average Bonchev–Trinajstić information content (AvgIpc) is 2.42. The van der Waals surface area contributed by atoms with Crippen LogP contribution in [0, 0.1) is 3.57 Å². The Morgan fingerprint density at radius 2 is 1.75 bits per heavy atom. The third-order valence-electron chi connectivity index (χ3n) is 2.84. The van der Waals surface area contributed by atoms with Crippen molar-refractivity contribution < 1.29 is 9.36 Å². The molecule has 0 aliphatic carbocycles. The zero-order valence-corrected chi connectivity index (χ0v) is 13.7. The van der Waals surface area contributed by atoms with Crippen LogP contribution < -0.4 is 14.8 Å². The normalized spacial score (nSPS) is 10.2. The van der Waals surface area contributed by atoms with Crippen LogP contribution in [0.25, 0.3) is 0 Å². The Balaban J connectivity index is 1.95. The monoisotopic (exact) mass is 382 g/mol. The lowest BCUT2D eigenvalue weighted by Crippen LogP contribution is -2.39. The molecule has 0 saturated carbocycles. The second kappa shape index (κ2) is 6.69. The van der Waals surface area contributed by atoms with E-state index in [-0.39, 0.29) is 5.91 Å². The third kappa shape index (κ3) is 4.19. The first-order valence-electron chi connectivity index (χ1n) is 6.26. The lowest BCUT2D eigenvalue weighted by molar-refractivity contribution is -0.684. The Hall–Kier alpha value is -1.63. The Labute approximate surface area is 132 Å². The maximum absolute atomic E-state index is 11.9. The van der Waals surface area contributed by atoms with Crippen LogP contribution >= 0.6 is 22.6 Å². The summed E-state index contributed by atoms with van der Waals surface area (Å²) in [6.07, 6.45) is 3.81. The van der Waals surface area contributed by atoms with E-state index in [0.717, 1.165) is 14.9 Å². The summed E-state index contributed by atoms with van der Waals surface area (Å²) in [6.45, 7) is 0.305. The topological polar surface area (TPSA) is 36.2 Å². The molecule has 0 aliphatic heterocycles. The fourth-order valence-corrected chi connectivity index (χ4v) is 2.11. The standard InChI is InChI=1S/C15H16IN3O/c1-18(2)14-7-9-19(10-8-14)11-15(20)17-13-5-3-12(16)4-6-13/h3-10H,11H2,1-2H3/p+1. The highest BCUT2D eigenvalue weighted by Gasteiger charge is 2.09. The highest BCUT2D eigenvalue weighted by atomic mass is 127. The quantitative estimate of drug-likeness (QED) is 0.651. The molecule has 0 radical (unpaired) electrons. The highest BCUT2D eigenvalue weighted by molar-refractivity contribution is 14.1. The summed E-state index contributed by atoms with van der Waals surface area (Å²) in [7, 11) is 3.98. The molecule has 0 atom stereocenters. The van der Waals surface area contributed by atoms with Gasteiger partial charge in [-0.3, -0.25) is 4.79 Å². The van der Waals surface area contributed by atoms with Crippen LogP contribution in [0.3, 0.4) is 0 Å². The minimum atomic E-state index is -0.0335. The number of anilines is 2. The van der Waals surface area contributed by atoms with Crippen molar-refractivity contribution in [3.63, 3.8) is 0 Å². The van der Waals surface area contributed by atoms with Crippen LogP contribution in [0.2, 0.25) is 0 Å². The molecule has 2 aromatic rings. The van der Waals surface area contributed by atoms with E-state index >= 15 is 0 Å². The Bertz CT molecular complexity index is 579. The van der Waals surface area contributed by atoms with E-state index in [1.807, 2.05) is 72.4 Å². The predicted molar refractivity (Wildman–Crippen MR) is 88.8 cm³/mol. The van der Waals surface area contributed by atoms with Gasteiger partial charge in [0.2, 0.25) is 6.54 Å². The van der Waals surface area contributed by atoms with Gasteiger partial charge in [-0.05, 0) is 46.9 Å². The van der Waals surface area contributed by atoms with E-state index in [1.54, 1.807) is 0 Å². The van der Waals surface area contributed by atoms with Gasteiger partial charge >= 0.3 is 0 Å². The van der Waals surface area contributed by atoms with Gasteiger partial charge in [0, 0.05) is 41.2 Å². The van der Waals surface area contributed by atoms with Gasteiger partial charge in [-0.1, -0.05) is 0 Å². The number of nitrogens with one attached hydrogen (secondary N) is 1. The Kier molecular flexibility index (Phi) is 4.94. The van der Waals surface area contributed by atoms with Crippen molar-refractivity contribution in [3.05, 3.63) is 52.4 Å². The number of hydrogen-bond donors (Lipinski definition) is 1. The van der Waals surface area contributed by atoms with E-state index < -0.39 is 0 Å². The van der Waals surface area contributed by atoms with Gasteiger partial charge in [0.25, 0.3) is 5.91 Å². The molecule has 0 aliphatic rings. The van der Waals surface area contributed by atoms with E-state index in [9.17, 15) is 4.79 Å². The van der Waals surface area contributed by atoms with Crippen LogP contribution in [0.4, 0.5) is 11.4 Å². The number of aromatic nitrogens is 1. The van der Waals surface area contributed by atoms with E-state index in [0.29, 0.717) is 6.54 Å². The van der Waals surface area contributed by atoms with Crippen molar-refractivity contribution in [3.8, 4) is 0 Å². The van der Waals surface area contributed by atoms with Crippen molar-refractivity contribution in [2.45, 2.75) is 6.54 Å². The number of carbonyl (C=O) groups excluding carboxylic acids is 1. The zero-order valence-electron chi connectivity index (χ0n) is 11.5. The molecule has 104 valence electrons. The van der Waals surface area contributed by atoms with Gasteiger partial charge in [0.1, 0.15) is 0 Å². The number of halogens is 1. The summed E-state index contributed by atoms with van der Waals surface area (Å²) in [4.78, 5) is 14.0. The molecule has 0 spiro atoms. The molecule has 0 saturated heterocycles. The summed E-state index contributed by atoms with van der Waals surface area (Å²) in [6, 6.07) is 11.7. The van der Waals surface area contributed by atoms with Gasteiger partial charge < -0.3 is 10.2 Å². The first kappa shape index (κ1) is 14.8. The van der Waals surface area contributed by atoms with E-state index in [2.05, 4.69) is 27.9 Å². The molecule has 0 bridgehead atoms. The Morgan fingerprint density at radius 1 is 1.15 bits per heavy atom. The molecule has 4 nitrogen and oxygen atoms in total. The largest absolute Gasteiger partial charge is 0.377 e. The zero-order chi connectivity index (χ0) is 14.5. The summed E-state index contributed by atoms with van der Waals surface area (Å²) in [5, 5.41) is 2.88. The summed E-state index contributed by atoms with van der Waals surface area (Å²) in [5.74, 6) is -0.0335. The number of benzene rings is 1. The molecule has 1 heterocycles. The average molecular weight is 382 g/mol. The molecule has 1 aromatic heterocycles. The van der Waals surface area contributed by atoms with Crippen molar-refractivity contribution in [2.24, 2.45) is 0 Å². The summed E-state index contributed by atoms with van der Waals surface area (Å²) in [5.41, 5.74) is 1.93. The molecule has 1 N–H and O–H groups in total. The summed E-state index contributed by atoms with van der Waals surface area (Å²) >= 11 is 2.24. The molecular formula is C15H17IN3O+. The first-order chi connectivity index (χ1) is 9.54. The maximum atomic E-state index is 11.9. The predicted octanol–water partition coefficient (Wildman–Crippen LogP) is 2.28. The number of rotatable bonds is 4. The van der Waals surface area contributed by atoms with Gasteiger partial charge in [0.15, 0.2) is 12.4 Å². The van der Waals surface area contributed by atoms with Crippen LogP contribution in [0.5, 0.6) is 0 Å². The second-order valence-electron chi connectivity index (χ2n) is 4.68. The minimum absolute atomic E-state index is 0.0335. The highest BCUT2D eigenvalue weighted by Crippen LogP contribution is 2.11. The number of amides is 1. The van der Waals surface area contributed by atoms with Gasteiger partial charge in [0.05, 0.1) is 0 Å². The SMILES string of the molecule is CN(C)c1cc[n+](CC(=O)Nc2ccc(I)cc2)cc1. The van der Waals surface area contributed by atoms with Gasteiger partial charge in [-0.2, -0.15) is 4.57 Å². The lowest BCUT2D eigenvalue weighted by atomic mass is 10.3. The number of nitrogens with zero attached hydrogens (tertiary/aromatic N) is 2. The summed E-state index contributed by atoms with van der Waals surface area (Å²) < 4.78 is 3.00. The van der Waals surface area contributed by atoms with Crippen LogP contribution in [-0.2, 0) is 11.3 Å². The van der Waals surface area contributed by atoms with Gasteiger partial charge in [-0.25, -0.2) is 0 Å². The molecule has 1 amide bonds. The number of pyridine rings is 1. The molecular weight excluding hydrogens is 365 g/mol. The van der Waals surface area contributed by atoms with E-state index in [4.69, 9.17) is 0 Å². The maximum Gasteiger partial charge on any atom is 0.290 e.